The second kappa shape index (κ2) is 6.31. The van der Waals surface area contributed by atoms with Gasteiger partial charge < -0.3 is 15.2 Å². The summed E-state index contributed by atoms with van der Waals surface area (Å²) in [6.07, 6.45) is 5.40. The molecule has 112 valence electrons. The maximum absolute atomic E-state index is 12.0. The molecule has 0 aliphatic heterocycles. The molecule has 0 bridgehead atoms. The van der Waals surface area contributed by atoms with Crippen molar-refractivity contribution in [2.24, 2.45) is 0 Å². The quantitative estimate of drug-likeness (QED) is 0.767. The molecule has 0 atom stereocenters. The largest absolute Gasteiger partial charge is 0.352 e. The molecule has 1 heterocycles. The summed E-state index contributed by atoms with van der Waals surface area (Å²) in [6, 6.07) is 8.96. The number of aromatic nitrogens is 1. The maximum atomic E-state index is 12.0. The summed E-state index contributed by atoms with van der Waals surface area (Å²) in [4.78, 5) is 12.0. The van der Waals surface area contributed by atoms with E-state index in [1.807, 2.05) is 10.8 Å². The van der Waals surface area contributed by atoms with Crippen LogP contribution in [0, 0.1) is 0 Å². The minimum absolute atomic E-state index is 0.115. The highest BCUT2D eigenvalue weighted by Crippen LogP contribution is 2.20. The average Bonchev–Trinajstić information content (AvgIpc) is 3.20. The highest BCUT2D eigenvalue weighted by molar-refractivity contribution is 5.84. The molecule has 0 spiro atoms. The number of amides is 1. The molecular formula is C17H23N3O. The number of fused-ring (bicyclic) bond motifs is 1. The molecule has 1 aliphatic carbocycles. The van der Waals surface area contributed by atoms with Crippen molar-refractivity contribution in [3.8, 4) is 0 Å². The standard InChI is InChI=1S/C17H23N3O/c1-2-8-18-11-13-3-4-14-7-9-20(16(14)10-13)12-17(21)19-15-5-6-15/h3-4,7,9-10,15,18H,2,5-6,8,11-12H2,1H3,(H,19,21). The third-order valence-corrected chi connectivity index (χ3v) is 3.85. The minimum Gasteiger partial charge on any atom is -0.352 e. The van der Waals surface area contributed by atoms with E-state index in [-0.39, 0.29) is 5.91 Å². The van der Waals surface area contributed by atoms with Crippen LogP contribution in [-0.4, -0.2) is 23.1 Å². The van der Waals surface area contributed by atoms with E-state index in [2.05, 4.69) is 41.8 Å². The lowest BCUT2D eigenvalue weighted by atomic mass is 10.1. The first-order valence-electron chi connectivity index (χ1n) is 7.84. The van der Waals surface area contributed by atoms with Gasteiger partial charge in [0.2, 0.25) is 5.91 Å². The Morgan fingerprint density at radius 2 is 2.19 bits per heavy atom. The van der Waals surface area contributed by atoms with E-state index in [0.717, 1.165) is 37.9 Å². The fourth-order valence-corrected chi connectivity index (χ4v) is 2.54. The lowest BCUT2D eigenvalue weighted by Gasteiger charge is -2.08. The first kappa shape index (κ1) is 14.1. The van der Waals surface area contributed by atoms with Crippen molar-refractivity contribution in [2.75, 3.05) is 6.54 Å². The number of hydrogen-bond acceptors (Lipinski definition) is 2. The second-order valence-corrected chi connectivity index (χ2v) is 5.86. The zero-order chi connectivity index (χ0) is 14.7. The Morgan fingerprint density at radius 3 is 2.95 bits per heavy atom. The summed E-state index contributed by atoms with van der Waals surface area (Å²) in [5, 5.41) is 7.64. The van der Waals surface area contributed by atoms with Crippen LogP contribution in [0.1, 0.15) is 31.7 Å². The molecule has 0 unspecified atom stereocenters. The van der Waals surface area contributed by atoms with Crippen LogP contribution in [-0.2, 0) is 17.9 Å². The van der Waals surface area contributed by atoms with Crippen molar-refractivity contribution in [2.45, 2.75) is 45.3 Å². The average molecular weight is 285 g/mol. The second-order valence-electron chi connectivity index (χ2n) is 5.86. The van der Waals surface area contributed by atoms with Crippen molar-refractivity contribution < 1.29 is 4.79 Å². The monoisotopic (exact) mass is 285 g/mol. The van der Waals surface area contributed by atoms with E-state index in [9.17, 15) is 4.79 Å². The van der Waals surface area contributed by atoms with Crippen LogP contribution in [0.15, 0.2) is 30.5 Å². The van der Waals surface area contributed by atoms with Gasteiger partial charge in [-0.3, -0.25) is 4.79 Å². The number of carbonyl (C=O) groups excluding carboxylic acids is 1. The SMILES string of the molecule is CCCNCc1ccc2ccn(CC(=O)NC3CC3)c2c1. The van der Waals surface area contributed by atoms with Crippen LogP contribution in [0.3, 0.4) is 0 Å². The van der Waals surface area contributed by atoms with Crippen molar-refractivity contribution >= 4 is 16.8 Å². The Balaban J connectivity index is 1.71. The number of nitrogens with one attached hydrogen (secondary N) is 2. The van der Waals surface area contributed by atoms with Gasteiger partial charge in [0.1, 0.15) is 6.54 Å². The molecule has 4 nitrogen and oxygen atoms in total. The molecule has 2 N–H and O–H groups in total. The van der Waals surface area contributed by atoms with Crippen molar-refractivity contribution in [1.82, 2.24) is 15.2 Å². The fourth-order valence-electron chi connectivity index (χ4n) is 2.54. The van der Waals surface area contributed by atoms with Crippen molar-refractivity contribution in [3.63, 3.8) is 0 Å². The van der Waals surface area contributed by atoms with Gasteiger partial charge in [-0.15, -0.1) is 0 Å². The van der Waals surface area contributed by atoms with E-state index in [4.69, 9.17) is 0 Å². The van der Waals surface area contributed by atoms with Crippen LogP contribution >= 0.6 is 0 Å². The highest BCUT2D eigenvalue weighted by atomic mass is 16.2. The minimum atomic E-state index is 0.115. The molecule has 2 aromatic rings. The van der Waals surface area contributed by atoms with Gasteiger partial charge >= 0.3 is 0 Å². The molecule has 1 aromatic heterocycles. The van der Waals surface area contributed by atoms with E-state index in [1.165, 1.54) is 10.9 Å². The zero-order valence-corrected chi connectivity index (χ0v) is 12.6. The Kier molecular flexibility index (Phi) is 4.25. The van der Waals surface area contributed by atoms with Gasteiger partial charge in [0.15, 0.2) is 0 Å². The lowest BCUT2D eigenvalue weighted by molar-refractivity contribution is -0.121. The predicted molar refractivity (Wildman–Crippen MR) is 85.1 cm³/mol. The van der Waals surface area contributed by atoms with Crippen molar-refractivity contribution in [1.29, 1.82) is 0 Å². The first-order chi connectivity index (χ1) is 10.3. The van der Waals surface area contributed by atoms with Gasteiger partial charge in [0.25, 0.3) is 0 Å². The van der Waals surface area contributed by atoms with Gasteiger partial charge in [-0.05, 0) is 48.9 Å². The van der Waals surface area contributed by atoms with Crippen LogP contribution < -0.4 is 10.6 Å². The Labute approximate surface area is 125 Å². The molecule has 4 heteroatoms. The molecule has 0 saturated heterocycles. The third-order valence-electron chi connectivity index (χ3n) is 3.85. The number of carbonyl (C=O) groups is 1. The van der Waals surface area contributed by atoms with Gasteiger partial charge in [-0.25, -0.2) is 0 Å². The first-order valence-corrected chi connectivity index (χ1v) is 7.84. The molecule has 1 aliphatic rings. The molecule has 1 fully saturated rings. The summed E-state index contributed by atoms with van der Waals surface area (Å²) in [6.45, 7) is 4.48. The molecule has 1 amide bonds. The molecule has 3 rings (SSSR count). The van der Waals surface area contributed by atoms with Gasteiger partial charge in [-0.2, -0.15) is 0 Å². The van der Waals surface area contributed by atoms with Crippen LogP contribution in [0.2, 0.25) is 0 Å². The highest BCUT2D eigenvalue weighted by Gasteiger charge is 2.23. The van der Waals surface area contributed by atoms with E-state index in [1.54, 1.807) is 0 Å². The van der Waals surface area contributed by atoms with Crippen molar-refractivity contribution in [3.05, 3.63) is 36.0 Å². The molecular weight excluding hydrogens is 262 g/mol. The van der Waals surface area contributed by atoms with Gasteiger partial charge in [-0.1, -0.05) is 19.1 Å². The summed E-state index contributed by atoms with van der Waals surface area (Å²) in [5.41, 5.74) is 2.40. The normalized spacial score (nSPS) is 14.5. The Hall–Kier alpha value is -1.81. The maximum Gasteiger partial charge on any atom is 0.240 e. The number of rotatable bonds is 7. The summed E-state index contributed by atoms with van der Waals surface area (Å²) < 4.78 is 2.04. The Bertz CT molecular complexity index is 628. The van der Waals surface area contributed by atoms with Crippen LogP contribution in [0.4, 0.5) is 0 Å². The smallest absolute Gasteiger partial charge is 0.240 e. The lowest BCUT2D eigenvalue weighted by Crippen LogP contribution is -2.29. The van der Waals surface area contributed by atoms with Gasteiger partial charge in [0, 0.05) is 24.3 Å². The van der Waals surface area contributed by atoms with E-state index < -0.39 is 0 Å². The summed E-state index contributed by atoms with van der Waals surface area (Å²) in [7, 11) is 0. The summed E-state index contributed by atoms with van der Waals surface area (Å²) in [5.74, 6) is 0.115. The molecule has 1 saturated carbocycles. The molecule has 0 radical (unpaired) electrons. The molecule has 21 heavy (non-hydrogen) atoms. The topological polar surface area (TPSA) is 46.1 Å². The third kappa shape index (κ3) is 3.64. The Morgan fingerprint density at radius 1 is 1.33 bits per heavy atom. The van der Waals surface area contributed by atoms with E-state index in [0.29, 0.717) is 12.6 Å². The van der Waals surface area contributed by atoms with Crippen LogP contribution in [0.25, 0.3) is 10.9 Å². The van der Waals surface area contributed by atoms with E-state index >= 15 is 0 Å². The zero-order valence-electron chi connectivity index (χ0n) is 12.6. The predicted octanol–water partition coefficient (Wildman–Crippen LogP) is 2.42. The number of benzene rings is 1. The van der Waals surface area contributed by atoms with Gasteiger partial charge in [0.05, 0.1) is 0 Å². The van der Waals surface area contributed by atoms with Crippen LogP contribution in [0.5, 0.6) is 0 Å². The molecule has 1 aromatic carbocycles. The summed E-state index contributed by atoms with van der Waals surface area (Å²) >= 11 is 0. The fraction of sp³-hybridized carbons (Fsp3) is 0.471. The number of nitrogens with zero attached hydrogens (tertiary/aromatic N) is 1. The number of hydrogen-bond donors (Lipinski definition) is 2.